The Bertz CT molecular complexity index is 1200. The minimum Gasteiger partial charge on any atom is -0.337 e. The summed E-state index contributed by atoms with van der Waals surface area (Å²) in [4.78, 5) is 12.4. The Kier molecular flexibility index (Phi) is 5.75. The lowest BCUT2D eigenvalue weighted by atomic mass is 10.2. The van der Waals surface area contributed by atoms with Crippen molar-refractivity contribution in [1.82, 2.24) is 4.57 Å². The molecule has 0 fully saturated rings. The van der Waals surface area contributed by atoms with E-state index in [1.165, 1.54) is 41.9 Å². The summed E-state index contributed by atoms with van der Waals surface area (Å²) in [6.07, 6.45) is 0. The molecule has 0 radical (unpaired) electrons. The molecule has 0 spiro atoms. The van der Waals surface area contributed by atoms with E-state index in [9.17, 15) is 17.6 Å². The van der Waals surface area contributed by atoms with Crippen LogP contribution in [0.3, 0.4) is 0 Å². The van der Waals surface area contributed by atoms with Gasteiger partial charge < -0.3 is 5.32 Å². The highest BCUT2D eigenvalue weighted by Crippen LogP contribution is 2.28. The normalized spacial score (nSPS) is 11.3. The van der Waals surface area contributed by atoms with Gasteiger partial charge in [-0.15, -0.1) is 0 Å². The van der Waals surface area contributed by atoms with E-state index in [4.69, 9.17) is 0 Å². The molecule has 1 heterocycles. The van der Waals surface area contributed by atoms with Gasteiger partial charge >= 0.3 is 0 Å². The van der Waals surface area contributed by atoms with Gasteiger partial charge in [0.15, 0.2) is 0 Å². The lowest BCUT2D eigenvalue weighted by Gasteiger charge is -2.18. The Morgan fingerprint density at radius 3 is 2.36 bits per heavy atom. The summed E-state index contributed by atoms with van der Waals surface area (Å²) in [6, 6.07) is 13.8. The van der Waals surface area contributed by atoms with Crippen molar-refractivity contribution >= 4 is 49.8 Å². The molecule has 0 saturated carbocycles. The number of pyridine rings is 1. The standard InChI is InChI=1S/C19H17FIN3O3S/c1-12-10-17(23-28(26,27)14-6-4-3-5-7-14)18(24(2)19(12)25)22-16-9-8-13(21)11-15(16)20/h3-11,22-23H,1-2H3. The molecule has 146 valence electrons. The van der Waals surface area contributed by atoms with E-state index < -0.39 is 15.8 Å². The van der Waals surface area contributed by atoms with Crippen molar-refractivity contribution in [2.24, 2.45) is 7.05 Å². The average Bonchev–Trinajstić information content (AvgIpc) is 2.65. The summed E-state index contributed by atoms with van der Waals surface area (Å²) in [5, 5.41) is 2.84. The summed E-state index contributed by atoms with van der Waals surface area (Å²) in [5.74, 6) is -0.382. The van der Waals surface area contributed by atoms with Crippen molar-refractivity contribution in [1.29, 1.82) is 0 Å². The van der Waals surface area contributed by atoms with Crippen LogP contribution >= 0.6 is 22.6 Å². The van der Waals surface area contributed by atoms with Crippen LogP contribution in [0.25, 0.3) is 0 Å². The summed E-state index contributed by atoms with van der Waals surface area (Å²) < 4.78 is 44.2. The minimum atomic E-state index is -3.89. The number of aromatic nitrogens is 1. The molecule has 3 aromatic rings. The first-order valence-electron chi connectivity index (χ1n) is 8.19. The van der Waals surface area contributed by atoms with E-state index in [1.54, 1.807) is 31.2 Å². The maximum atomic E-state index is 14.3. The molecule has 0 unspecified atom stereocenters. The lowest BCUT2D eigenvalue weighted by Crippen LogP contribution is -2.24. The number of benzene rings is 2. The fourth-order valence-electron chi connectivity index (χ4n) is 2.64. The zero-order valence-electron chi connectivity index (χ0n) is 15.0. The van der Waals surface area contributed by atoms with Gasteiger partial charge in [-0.25, -0.2) is 12.8 Å². The lowest BCUT2D eigenvalue weighted by molar-refractivity contribution is 0.601. The highest BCUT2D eigenvalue weighted by Gasteiger charge is 2.19. The number of nitrogens with zero attached hydrogens (tertiary/aromatic N) is 1. The summed E-state index contributed by atoms with van der Waals surface area (Å²) in [7, 11) is -2.40. The Labute approximate surface area is 175 Å². The fourth-order valence-corrected chi connectivity index (χ4v) is 4.18. The number of hydrogen-bond acceptors (Lipinski definition) is 4. The van der Waals surface area contributed by atoms with Crippen molar-refractivity contribution in [3.8, 4) is 0 Å². The second-order valence-electron chi connectivity index (χ2n) is 6.12. The zero-order chi connectivity index (χ0) is 20.5. The van der Waals surface area contributed by atoms with E-state index in [2.05, 4.69) is 10.0 Å². The Morgan fingerprint density at radius 1 is 1.04 bits per heavy atom. The van der Waals surface area contributed by atoms with Crippen molar-refractivity contribution < 1.29 is 12.8 Å². The Balaban J connectivity index is 2.10. The maximum Gasteiger partial charge on any atom is 0.262 e. The fraction of sp³-hybridized carbons (Fsp3) is 0.105. The Hall–Kier alpha value is -2.40. The molecule has 0 atom stereocenters. The minimum absolute atomic E-state index is 0.0768. The monoisotopic (exact) mass is 513 g/mol. The van der Waals surface area contributed by atoms with E-state index in [1.807, 2.05) is 22.6 Å². The van der Waals surface area contributed by atoms with Gasteiger partial charge in [0.2, 0.25) is 0 Å². The second-order valence-corrected chi connectivity index (χ2v) is 9.05. The van der Waals surface area contributed by atoms with Gasteiger partial charge in [0.05, 0.1) is 16.3 Å². The predicted molar refractivity (Wildman–Crippen MR) is 116 cm³/mol. The molecule has 2 aromatic carbocycles. The van der Waals surface area contributed by atoms with Crippen molar-refractivity contribution in [3.63, 3.8) is 0 Å². The van der Waals surface area contributed by atoms with Gasteiger partial charge in [-0.3, -0.25) is 14.1 Å². The first-order valence-corrected chi connectivity index (χ1v) is 10.8. The number of aryl methyl sites for hydroxylation is 1. The third-order valence-electron chi connectivity index (χ3n) is 4.08. The van der Waals surface area contributed by atoms with Crippen LogP contribution < -0.4 is 15.6 Å². The van der Waals surface area contributed by atoms with Crippen LogP contribution in [0.2, 0.25) is 0 Å². The van der Waals surface area contributed by atoms with Crippen molar-refractivity contribution in [3.05, 3.63) is 79.9 Å². The number of anilines is 3. The third-order valence-corrected chi connectivity index (χ3v) is 6.13. The molecule has 0 amide bonds. The van der Waals surface area contributed by atoms with Crippen LogP contribution in [0.1, 0.15) is 5.56 Å². The number of sulfonamides is 1. The number of nitrogens with one attached hydrogen (secondary N) is 2. The van der Waals surface area contributed by atoms with Crippen LogP contribution in [0.4, 0.5) is 21.6 Å². The maximum absolute atomic E-state index is 14.3. The van der Waals surface area contributed by atoms with E-state index >= 15 is 0 Å². The molecular formula is C19H17FIN3O3S. The first-order chi connectivity index (χ1) is 13.2. The molecule has 0 saturated heterocycles. The molecule has 0 aliphatic heterocycles. The van der Waals surface area contributed by atoms with Crippen molar-refractivity contribution in [2.75, 3.05) is 10.0 Å². The largest absolute Gasteiger partial charge is 0.337 e. The van der Waals surface area contributed by atoms with E-state index in [-0.39, 0.29) is 27.6 Å². The predicted octanol–water partition coefficient (Wildman–Crippen LogP) is 3.98. The molecule has 0 aliphatic carbocycles. The van der Waals surface area contributed by atoms with Crippen LogP contribution in [0.5, 0.6) is 0 Å². The van der Waals surface area contributed by atoms with Crippen LogP contribution in [0, 0.1) is 16.3 Å². The van der Waals surface area contributed by atoms with Gasteiger partial charge in [-0.1, -0.05) is 18.2 Å². The average molecular weight is 513 g/mol. The molecular weight excluding hydrogens is 496 g/mol. The zero-order valence-corrected chi connectivity index (χ0v) is 18.0. The molecule has 1 aromatic heterocycles. The molecule has 0 aliphatic rings. The topological polar surface area (TPSA) is 80.2 Å². The molecule has 3 rings (SSSR count). The summed E-state index contributed by atoms with van der Waals surface area (Å²) in [5.41, 5.74) is 0.291. The van der Waals surface area contributed by atoms with E-state index in [0.29, 0.717) is 9.13 Å². The van der Waals surface area contributed by atoms with Crippen LogP contribution in [0.15, 0.2) is 64.3 Å². The molecule has 28 heavy (non-hydrogen) atoms. The van der Waals surface area contributed by atoms with Gasteiger partial charge in [0, 0.05) is 16.2 Å². The molecule has 2 N–H and O–H groups in total. The highest BCUT2D eigenvalue weighted by molar-refractivity contribution is 14.1. The molecule has 6 nitrogen and oxygen atoms in total. The SMILES string of the molecule is Cc1cc(NS(=O)(=O)c2ccccc2)c(Nc2ccc(I)cc2F)n(C)c1=O. The van der Waals surface area contributed by atoms with Gasteiger partial charge in [-0.05, 0) is 65.9 Å². The van der Waals surface area contributed by atoms with Gasteiger partial charge in [0.1, 0.15) is 11.6 Å². The first kappa shape index (κ1) is 20.3. The molecule has 9 heteroatoms. The molecule has 0 bridgehead atoms. The third kappa shape index (κ3) is 4.20. The van der Waals surface area contributed by atoms with Crippen molar-refractivity contribution in [2.45, 2.75) is 11.8 Å². The summed E-state index contributed by atoms with van der Waals surface area (Å²) >= 11 is 1.99. The highest BCUT2D eigenvalue weighted by atomic mass is 127. The smallest absolute Gasteiger partial charge is 0.262 e. The number of rotatable bonds is 5. The number of hydrogen-bond donors (Lipinski definition) is 2. The summed E-state index contributed by atoms with van der Waals surface area (Å²) in [6.45, 7) is 1.58. The van der Waals surface area contributed by atoms with Gasteiger partial charge in [-0.2, -0.15) is 0 Å². The second kappa shape index (κ2) is 7.92. The van der Waals surface area contributed by atoms with Crippen LogP contribution in [-0.2, 0) is 17.1 Å². The van der Waals surface area contributed by atoms with Gasteiger partial charge in [0.25, 0.3) is 15.6 Å². The van der Waals surface area contributed by atoms with E-state index in [0.717, 1.165) is 0 Å². The van der Waals surface area contributed by atoms with Crippen LogP contribution in [-0.4, -0.2) is 13.0 Å². The number of halogens is 2. The Morgan fingerprint density at radius 2 is 1.71 bits per heavy atom. The quantitative estimate of drug-likeness (QED) is 0.506.